The molecule has 1 rings (SSSR count). The Morgan fingerprint density at radius 1 is 1.62 bits per heavy atom. The van der Waals surface area contributed by atoms with Gasteiger partial charge in [-0.3, -0.25) is 0 Å². The maximum atomic E-state index is 11.1. The number of aliphatic hydroxyl groups is 1. The molecule has 1 atom stereocenters. The molecule has 5 nitrogen and oxygen atoms in total. The number of sulfone groups is 1. The Hall–Kier alpha value is -0.620. The Morgan fingerprint density at radius 3 is 2.38 bits per heavy atom. The quantitative estimate of drug-likeness (QED) is 0.374. The summed E-state index contributed by atoms with van der Waals surface area (Å²) in [6.45, 7) is -0.519. The molecule has 0 amide bonds. The Morgan fingerprint density at radius 2 is 2.15 bits per heavy atom. The average Bonchev–Trinajstić information content (AvgIpc) is 2.79. The van der Waals surface area contributed by atoms with Crippen LogP contribution in [0.4, 0.5) is 0 Å². The molecule has 1 aliphatic rings. The molecule has 0 aromatic heterocycles. The summed E-state index contributed by atoms with van der Waals surface area (Å²) in [4.78, 5) is 0. The number of hydrogen-bond donors (Lipinski definition) is 2. The minimum Gasteiger partial charge on any atom is -0.411 e. The third kappa shape index (κ3) is 2.41. The molecule has 13 heavy (non-hydrogen) atoms. The first-order valence-electron chi connectivity index (χ1n) is 4.02. The molecule has 0 saturated heterocycles. The molecule has 2 N–H and O–H groups in total. The molecule has 0 aromatic carbocycles. The maximum absolute atomic E-state index is 11.1. The first kappa shape index (κ1) is 10.5. The van der Waals surface area contributed by atoms with Gasteiger partial charge in [-0.15, -0.1) is 0 Å². The van der Waals surface area contributed by atoms with Crippen molar-refractivity contribution in [2.75, 3.05) is 12.9 Å². The molecular weight excluding hydrogens is 194 g/mol. The van der Waals surface area contributed by atoms with Crippen LogP contribution in [0.1, 0.15) is 12.8 Å². The van der Waals surface area contributed by atoms with Gasteiger partial charge in [0.25, 0.3) is 0 Å². The summed E-state index contributed by atoms with van der Waals surface area (Å²) in [6.07, 6.45) is 2.71. The van der Waals surface area contributed by atoms with Crippen molar-refractivity contribution in [1.29, 1.82) is 0 Å². The number of rotatable bonds is 4. The van der Waals surface area contributed by atoms with E-state index in [1.165, 1.54) is 0 Å². The fraction of sp³-hybridized carbons (Fsp3) is 0.857. The van der Waals surface area contributed by atoms with Crippen LogP contribution in [0.2, 0.25) is 0 Å². The van der Waals surface area contributed by atoms with Gasteiger partial charge < -0.3 is 10.3 Å². The van der Waals surface area contributed by atoms with Gasteiger partial charge in [-0.1, -0.05) is 5.16 Å². The second kappa shape index (κ2) is 3.63. The van der Waals surface area contributed by atoms with Crippen molar-refractivity contribution in [2.45, 2.75) is 18.1 Å². The number of oxime groups is 1. The molecule has 76 valence electrons. The van der Waals surface area contributed by atoms with Crippen LogP contribution >= 0.6 is 0 Å². The van der Waals surface area contributed by atoms with Crippen LogP contribution in [0.25, 0.3) is 0 Å². The van der Waals surface area contributed by atoms with E-state index in [2.05, 4.69) is 5.16 Å². The summed E-state index contributed by atoms with van der Waals surface area (Å²) in [7, 11) is -3.37. The summed E-state index contributed by atoms with van der Waals surface area (Å²) < 4.78 is 22.3. The summed E-state index contributed by atoms with van der Waals surface area (Å²) >= 11 is 0. The third-order valence-corrected chi connectivity index (χ3v) is 3.55. The molecular formula is C7H13NO4S. The van der Waals surface area contributed by atoms with Crippen molar-refractivity contribution in [3.05, 3.63) is 0 Å². The standard InChI is InChI=1S/C7H13NO4S/c1-13(11,12)6(4-9)7(8-10)5-2-3-5/h5-6,9-10H,2-4H2,1H3. The smallest absolute Gasteiger partial charge is 0.158 e. The molecule has 0 radical (unpaired) electrons. The summed E-state index contributed by atoms with van der Waals surface area (Å²) in [6, 6.07) is 0. The number of nitrogens with zero attached hydrogens (tertiary/aromatic N) is 1. The van der Waals surface area contributed by atoms with Crippen LogP contribution in [-0.2, 0) is 9.84 Å². The van der Waals surface area contributed by atoms with Crippen LogP contribution < -0.4 is 0 Å². The topological polar surface area (TPSA) is 87.0 Å². The molecule has 1 unspecified atom stereocenters. The summed E-state index contributed by atoms with van der Waals surface area (Å²) in [5.74, 6) is 0.0388. The SMILES string of the molecule is CS(=O)(=O)C(CO)C(=NO)C1CC1. The lowest BCUT2D eigenvalue weighted by Gasteiger charge is -2.12. The zero-order valence-corrected chi connectivity index (χ0v) is 8.16. The van der Waals surface area contributed by atoms with E-state index < -0.39 is 21.7 Å². The Balaban J connectivity index is 2.87. The number of hydrogen-bond acceptors (Lipinski definition) is 5. The highest BCUT2D eigenvalue weighted by atomic mass is 32.2. The van der Waals surface area contributed by atoms with Crippen molar-refractivity contribution in [1.82, 2.24) is 0 Å². The number of aliphatic hydroxyl groups excluding tert-OH is 1. The van der Waals surface area contributed by atoms with Gasteiger partial charge in [0.2, 0.25) is 0 Å². The Labute approximate surface area is 77.0 Å². The van der Waals surface area contributed by atoms with Gasteiger partial charge in [0.15, 0.2) is 9.84 Å². The largest absolute Gasteiger partial charge is 0.411 e. The fourth-order valence-electron chi connectivity index (χ4n) is 1.24. The molecule has 6 heteroatoms. The lowest BCUT2D eigenvalue weighted by molar-refractivity contribution is 0.293. The van der Waals surface area contributed by atoms with Gasteiger partial charge in [-0.25, -0.2) is 8.42 Å². The van der Waals surface area contributed by atoms with E-state index in [1.54, 1.807) is 0 Å². The molecule has 0 aromatic rings. The van der Waals surface area contributed by atoms with Crippen molar-refractivity contribution in [3.63, 3.8) is 0 Å². The van der Waals surface area contributed by atoms with Crippen LogP contribution in [0.15, 0.2) is 5.16 Å². The molecule has 1 aliphatic carbocycles. The van der Waals surface area contributed by atoms with Crippen molar-refractivity contribution in [3.8, 4) is 0 Å². The first-order chi connectivity index (χ1) is 6.00. The average molecular weight is 207 g/mol. The van der Waals surface area contributed by atoms with E-state index in [0.29, 0.717) is 0 Å². The van der Waals surface area contributed by atoms with Crippen LogP contribution in [0.3, 0.4) is 0 Å². The summed E-state index contributed by atoms with van der Waals surface area (Å²) in [5.41, 5.74) is 0.199. The van der Waals surface area contributed by atoms with Gasteiger partial charge in [-0.2, -0.15) is 0 Å². The van der Waals surface area contributed by atoms with E-state index in [4.69, 9.17) is 10.3 Å². The zero-order chi connectivity index (χ0) is 10.1. The van der Waals surface area contributed by atoms with Gasteiger partial charge in [0.1, 0.15) is 5.25 Å². The fourth-order valence-corrected chi connectivity index (χ4v) is 2.19. The van der Waals surface area contributed by atoms with Crippen LogP contribution in [-0.4, -0.2) is 42.6 Å². The normalized spacial score (nSPS) is 21.5. The van der Waals surface area contributed by atoms with Crippen molar-refractivity contribution >= 4 is 15.5 Å². The minimum absolute atomic E-state index is 0.0388. The second-order valence-electron chi connectivity index (χ2n) is 3.30. The molecule has 1 saturated carbocycles. The molecule has 0 bridgehead atoms. The molecule has 0 heterocycles. The van der Waals surface area contributed by atoms with Gasteiger partial charge in [0, 0.05) is 12.2 Å². The lowest BCUT2D eigenvalue weighted by Crippen LogP contribution is -2.34. The Kier molecular flexibility index (Phi) is 2.92. The van der Waals surface area contributed by atoms with Crippen LogP contribution in [0.5, 0.6) is 0 Å². The monoisotopic (exact) mass is 207 g/mol. The molecule has 0 spiro atoms. The minimum atomic E-state index is -3.37. The zero-order valence-electron chi connectivity index (χ0n) is 7.34. The first-order valence-corrected chi connectivity index (χ1v) is 5.97. The predicted octanol–water partition coefficient (Wildman–Crippen LogP) is -0.368. The second-order valence-corrected chi connectivity index (χ2v) is 5.53. The highest BCUT2D eigenvalue weighted by Gasteiger charge is 2.37. The van der Waals surface area contributed by atoms with Gasteiger partial charge in [0.05, 0.1) is 12.3 Å². The lowest BCUT2D eigenvalue weighted by atomic mass is 10.2. The summed E-state index contributed by atoms with van der Waals surface area (Å²) in [5, 5.41) is 19.4. The third-order valence-electron chi connectivity index (χ3n) is 2.12. The highest BCUT2D eigenvalue weighted by molar-refractivity contribution is 7.92. The van der Waals surface area contributed by atoms with Gasteiger partial charge in [-0.05, 0) is 12.8 Å². The highest BCUT2D eigenvalue weighted by Crippen LogP contribution is 2.33. The van der Waals surface area contributed by atoms with Crippen molar-refractivity contribution in [2.24, 2.45) is 11.1 Å². The predicted molar refractivity (Wildman–Crippen MR) is 47.7 cm³/mol. The van der Waals surface area contributed by atoms with Gasteiger partial charge >= 0.3 is 0 Å². The van der Waals surface area contributed by atoms with E-state index in [9.17, 15) is 8.42 Å². The van der Waals surface area contributed by atoms with E-state index in [0.717, 1.165) is 19.1 Å². The van der Waals surface area contributed by atoms with Crippen molar-refractivity contribution < 1.29 is 18.7 Å². The van der Waals surface area contributed by atoms with E-state index >= 15 is 0 Å². The van der Waals surface area contributed by atoms with E-state index in [1.807, 2.05) is 0 Å². The Bertz CT molecular complexity index is 304. The molecule has 0 aliphatic heterocycles. The maximum Gasteiger partial charge on any atom is 0.158 e. The van der Waals surface area contributed by atoms with Crippen LogP contribution in [0, 0.1) is 5.92 Å². The molecule has 1 fully saturated rings. The van der Waals surface area contributed by atoms with E-state index in [-0.39, 0.29) is 11.6 Å².